The predicted octanol–water partition coefficient (Wildman–Crippen LogP) is 4.67. The second kappa shape index (κ2) is 6.75. The highest BCUT2D eigenvalue weighted by Crippen LogP contribution is 2.25. The molecule has 2 heteroatoms. The molecule has 2 aromatic rings. The number of fused-ring (bicyclic) bond motifs is 1. The van der Waals surface area contributed by atoms with Crippen molar-refractivity contribution in [3.05, 3.63) is 46.4 Å². The summed E-state index contributed by atoms with van der Waals surface area (Å²) >= 11 is 3.51. The van der Waals surface area contributed by atoms with Crippen LogP contribution >= 0.6 is 15.9 Å². The normalized spacial score (nSPS) is 11.9. The van der Waals surface area contributed by atoms with Gasteiger partial charge in [-0.05, 0) is 54.9 Å². The Morgan fingerprint density at radius 1 is 1.16 bits per heavy atom. The van der Waals surface area contributed by atoms with Gasteiger partial charge in [0.1, 0.15) is 0 Å². The molecule has 2 aromatic carbocycles. The van der Waals surface area contributed by atoms with Crippen molar-refractivity contribution < 1.29 is 0 Å². The molecule has 1 atom stereocenters. The highest BCUT2D eigenvalue weighted by Gasteiger charge is 2.08. The molecule has 1 nitrogen and oxygen atoms in total. The standard InChI is InChI=1S/C17H18BrN/c1-3-4-5-6-17(19-2)15-8-7-14-12-16(18)10-9-13(14)11-15/h7-12,17,19H,5-6H2,1-2H3. The summed E-state index contributed by atoms with van der Waals surface area (Å²) in [7, 11) is 2.01. The number of benzene rings is 2. The van der Waals surface area contributed by atoms with Crippen molar-refractivity contribution in [3.8, 4) is 11.8 Å². The van der Waals surface area contributed by atoms with E-state index < -0.39 is 0 Å². The van der Waals surface area contributed by atoms with Gasteiger partial charge >= 0.3 is 0 Å². The van der Waals surface area contributed by atoms with E-state index in [-0.39, 0.29) is 0 Å². The third-order valence-electron chi connectivity index (χ3n) is 3.31. The Morgan fingerprint density at radius 2 is 1.89 bits per heavy atom. The lowest BCUT2D eigenvalue weighted by molar-refractivity contribution is 0.559. The van der Waals surface area contributed by atoms with Gasteiger partial charge in [0.2, 0.25) is 0 Å². The van der Waals surface area contributed by atoms with Crippen LogP contribution < -0.4 is 5.32 Å². The molecule has 0 saturated carbocycles. The quantitative estimate of drug-likeness (QED) is 0.809. The SMILES string of the molecule is CC#CCCC(NC)c1ccc2cc(Br)ccc2c1. The van der Waals surface area contributed by atoms with Gasteiger partial charge in [-0.25, -0.2) is 0 Å². The lowest BCUT2D eigenvalue weighted by Crippen LogP contribution is -2.16. The minimum Gasteiger partial charge on any atom is -0.313 e. The zero-order chi connectivity index (χ0) is 13.7. The minimum atomic E-state index is 0.369. The molecule has 0 saturated heterocycles. The first-order valence-corrected chi connectivity index (χ1v) is 7.30. The molecule has 0 bridgehead atoms. The first kappa shape index (κ1) is 14.1. The molecule has 19 heavy (non-hydrogen) atoms. The second-order valence-corrected chi connectivity index (χ2v) is 5.47. The van der Waals surface area contributed by atoms with E-state index in [1.165, 1.54) is 16.3 Å². The average molecular weight is 316 g/mol. The van der Waals surface area contributed by atoms with Crippen molar-refractivity contribution in [1.82, 2.24) is 5.32 Å². The lowest BCUT2D eigenvalue weighted by Gasteiger charge is -2.16. The van der Waals surface area contributed by atoms with Gasteiger partial charge in [-0.3, -0.25) is 0 Å². The monoisotopic (exact) mass is 315 g/mol. The van der Waals surface area contributed by atoms with Gasteiger partial charge in [0, 0.05) is 16.9 Å². The van der Waals surface area contributed by atoms with Crippen LogP contribution in [0, 0.1) is 11.8 Å². The number of nitrogens with one attached hydrogen (secondary N) is 1. The molecule has 0 aromatic heterocycles. The van der Waals surface area contributed by atoms with Crippen molar-refractivity contribution in [2.75, 3.05) is 7.05 Å². The van der Waals surface area contributed by atoms with Crippen molar-refractivity contribution in [2.24, 2.45) is 0 Å². The van der Waals surface area contributed by atoms with E-state index in [9.17, 15) is 0 Å². The first-order chi connectivity index (χ1) is 9.24. The van der Waals surface area contributed by atoms with Gasteiger partial charge in [-0.1, -0.05) is 34.1 Å². The molecule has 0 aliphatic carbocycles. The summed E-state index contributed by atoms with van der Waals surface area (Å²) in [6.07, 6.45) is 1.97. The number of rotatable bonds is 4. The number of halogens is 1. The smallest absolute Gasteiger partial charge is 0.0326 e. The Balaban J connectivity index is 2.27. The molecular formula is C17H18BrN. The van der Waals surface area contributed by atoms with E-state index in [4.69, 9.17) is 0 Å². The fraction of sp³-hybridized carbons (Fsp3) is 0.294. The van der Waals surface area contributed by atoms with Crippen LogP contribution in [0.2, 0.25) is 0 Å². The van der Waals surface area contributed by atoms with Crippen molar-refractivity contribution >= 4 is 26.7 Å². The van der Waals surface area contributed by atoms with Crippen LogP contribution in [-0.4, -0.2) is 7.05 Å². The summed E-state index contributed by atoms with van der Waals surface area (Å²) in [5.74, 6) is 6.08. The Bertz CT molecular complexity index is 622. The molecule has 1 N–H and O–H groups in total. The van der Waals surface area contributed by atoms with Gasteiger partial charge in [-0.15, -0.1) is 11.8 Å². The highest BCUT2D eigenvalue weighted by atomic mass is 79.9. The van der Waals surface area contributed by atoms with Crippen molar-refractivity contribution in [3.63, 3.8) is 0 Å². The van der Waals surface area contributed by atoms with E-state index in [1.54, 1.807) is 0 Å². The van der Waals surface area contributed by atoms with Crippen LogP contribution in [0.3, 0.4) is 0 Å². The Morgan fingerprint density at radius 3 is 2.63 bits per heavy atom. The van der Waals surface area contributed by atoms with Gasteiger partial charge in [0.25, 0.3) is 0 Å². The van der Waals surface area contributed by atoms with E-state index in [0.717, 1.165) is 17.3 Å². The second-order valence-electron chi connectivity index (χ2n) is 4.56. The highest BCUT2D eigenvalue weighted by molar-refractivity contribution is 9.10. The van der Waals surface area contributed by atoms with Crippen LogP contribution in [0.5, 0.6) is 0 Å². The average Bonchev–Trinajstić information content (AvgIpc) is 2.43. The summed E-state index contributed by atoms with van der Waals surface area (Å²) in [5, 5.41) is 5.92. The third kappa shape index (κ3) is 3.59. The topological polar surface area (TPSA) is 12.0 Å². The van der Waals surface area contributed by atoms with Gasteiger partial charge in [0.05, 0.1) is 0 Å². The molecule has 0 heterocycles. The molecule has 2 rings (SSSR count). The fourth-order valence-corrected chi connectivity index (χ4v) is 2.65. The van der Waals surface area contributed by atoms with Gasteiger partial charge in [0.15, 0.2) is 0 Å². The van der Waals surface area contributed by atoms with E-state index in [1.807, 2.05) is 14.0 Å². The number of hydrogen-bond donors (Lipinski definition) is 1. The zero-order valence-corrected chi connectivity index (χ0v) is 12.9. The predicted molar refractivity (Wildman–Crippen MR) is 86.1 cm³/mol. The maximum absolute atomic E-state index is 3.51. The van der Waals surface area contributed by atoms with Gasteiger partial charge < -0.3 is 5.32 Å². The number of hydrogen-bond acceptors (Lipinski definition) is 1. The maximum Gasteiger partial charge on any atom is 0.0326 e. The first-order valence-electron chi connectivity index (χ1n) is 6.50. The summed E-state index contributed by atoms with van der Waals surface area (Å²) in [5.41, 5.74) is 1.33. The summed E-state index contributed by atoms with van der Waals surface area (Å²) in [4.78, 5) is 0. The molecule has 0 spiro atoms. The largest absolute Gasteiger partial charge is 0.313 e. The molecule has 0 aliphatic heterocycles. The van der Waals surface area contributed by atoms with Crippen LogP contribution in [0.1, 0.15) is 31.4 Å². The Labute approximate surface area is 123 Å². The van der Waals surface area contributed by atoms with Crippen LogP contribution in [-0.2, 0) is 0 Å². The molecule has 0 aliphatic rings. The molecule has 0 radical (unpaired) electrons. The lowest BCUT2D eigenvalue weighted by atomic mass is 9.99. The summed E-state index contributed by atoms with van der Waals surface area (Å²) < 4.78 is 1.12. The van der Waals surface area contributed by atoms with Crippen LogP contribution in [0.25, 0.3) is 10.8 Å². The minimum absolute atomic E-state index is 0.369. The molecule has 98 valence electrons. The van der Waals surface area contributed by atoms with Crippen LogP contribution in [0.4, 0.5) is 0 Å². The van der Waals surface area contributed by atoms with Crippen molar-refractivity contribution in [1.29, 1.82) is 0 Å². The van der Waals surface area contributed by atoms with Gasteiger partial charge in [-0.2, -0.15) is 0 Å². The molecule has 0 amide bonds. The molecular weight excluding hydrogens is 298 g/mol. The molecule has 1 unspecified atom stereocenters. The zero-order valence-electron chi connectivity index (χ0n) is 11.3. The Kier molecular flexibility index (Phi) is 5.01. The van der Waals surface area contributed by atoms with Crippen LogP contribution in [0.15, 0.2) is 40.9 Å². The summed E-state index contributed by atoms with van der Waals surface area (Å²) in [6, 6.07) is 13.4. The van der Waals surface area contributed by atoms with Crippen molar-refractivity contribution in [2.45, 2.75) is 25.8 Å². The third-order valence-corrected chi connectivity index (χ3v) is 3.81. The maximum atomic E-state index is 3.51. The Hall–Kier alpha value is -1.30. The van der Waals surface area contributed by atoms with E-state index >= 15 is 0 Å². The fourth-order valence-electron chi connectivity index (χ4n) is 2.27. The summed E-state index contributed by atoms with van der Waals surface area (Å²) in [6.45, 7) is 1.89. The molecule has 0 fully saturated rings. The van der Waals surface area contributed by atoms with E-state index in [2.05, 4.69) is 69.5 Å². The van der Waals surface area contributed by atoms with E-state index in [0.29, 0.717) is 6.04 Å².